The summed E-state index contributed by atoms with van der Waals surface area (Å²) in [5.41, 5.74) is 0. The molecule has 1 aliphatic rings. The van der Waals surface area contributed by atoms with E-state index in [0.717, 1.165) is 23.9 Å². The van der Waals surface area contributed by atoms with Gasteiger partial charge in [0.1, 0.15) is 11.6 Å². The highest BCUT2D eigenvalue weighted by Crippen LogP contribution is 2.25. The maximum absolute atomic E-state index is 13.0. The van der Waals surface area contributed by atoms with Crippen LogP contribution < -0.4 is 10.1 Å². The summed E-state index contributed by atoms with van der Waals surface area (Å²) in [5.74, 6) is 0.324. The van der Waals surface area contributed by atoms with Gasteiger partial charge in [0.2, 0.25) is 0 Å². The van der Waals surface area contributed by atoms with Crippen LogP contribution in [0.15, 0.2) is 22.7 Å². The lowest BCUT2D eigenvalue weighted by molar-refractivity contribution is 0.296. The number of ether oxygens (including phenoxy) is 1. The van der Waals surface area contributed by atoms with Gasteiger partial charge in [-0.25, -0.2) is 4.39 Å². The van der Waals surface area contributed by atoms with Crippen LogP contribution >= 0.6 is 15.9 Å². The van der Waals surface area contributed by atoms with Crippen LogP contribution in [-0.4, -0.2) is 19.2 Å². The van der Waals surface area contributed by atoms with E-state index in [1.165, 1.54) is 25.0 Å². The van der Waals surface area contributed by atoms with Crippen LogP contribution in [0.2, 0.25) is 0 Å². The lowest BCUT2D eigenvalue weighted by atomic mass is 10.1. The van der Waals surface area contributed by atoms with E-state index < -0.39 is 0 Å². The van der Waals surface area contributed by atoms with Gasteiger partial charge in [-0.05, 0) is 60.3 Å². The molecule has 1 aromatic carbocycles. The minimum absolute atomic E-state index is 0.263. The molecule has 0 amide bonds. The minimum Gasteiger partial charge on any atom is -0.492 e. The molecule has 94 valence electrons. The fourth-order valence-electron chi connectivity index (χ4n) is 2.10. The van der Waals surface area contributed by atoms with Crippen molar-refractivity contribution in [3.63, 3.8) is 0 Å². The van der Waals surface area contributed by atoms with Crippen LogP contribution in [-0.2, 0) is 0 Å². The molecular weight excluding hydrogens is 285 g/mol. The second-order valence-corrected chi connectivity index (χ2v) is 5.21. The SMILES string of the molecule is Fc1ccc(Br)c(OCCCC2CCCN2)c1. The Labute approximate surface area is 110 Å². The van der Waals surface area contributed by atoms with Gasteiger partial charge in [-0.3, -0.25) is 0 Å². The summed E-state index contributed by atoms with van der Waals surface area (Å²) in [4.78, 5) is 0. The largest absolute Gasteiger partial charge is 0.492 e. The Balaban J connectivity index is 1.72. The molecule has 1 N–H and O–H groups in total. The molecule has 4 heteroatoms. The molecule has 0 radical (unpaired) electrons. The third-order valence-electron chi connectivity index (χ3n) is 3.01. The molecular formula is C13H17BrFNO. The highest BCUT2D eigenvalue weighted by Gasteiger charge is 2.13. The highest BCUT2D eigenvalue weighted by molar-refractivity contribution is 9.10. The van der Waals surface area contributed by atoms with Gasteiger partial charge >= 0.3 is 0 Å². The third kappa shape index (κ3) is 3.96. The van der Waals surface area contributed by atoms with Crippen molar-refractivity contribution >= 4 is 15.9 Å². The molecule has 1 fully saturated rings. The molecule has 2 nitrogen and oxygen atoms in total. The quantitative estimate of drug-likeness (QED) is 0.841. The van der Waals surface area contributed by atoms with Crippen LogP contribution in [0.5, 0.6) is 5.75 Å². The van der Waals surface area contributed by atoms with Crippen LogP contribution in [0.4, 0.5) is 4.39 Å². The zero-order valence-electron chi connectivity index (χ0n) is 9.72. The van der Waals surface area contributed by atoms with E-state index in [9.17, 15) is 4.39 Å². The van der Waals surface area contributed by atoms with Gasteiger partial charge < -0.3 is 10.1 Å². The molecule has 1 aliphatic heterocycles. The Hall–Kier alpha value is -0.610. The first kappa shape index (κ1) is 12.8. The average molecular weight is 302 g/mol. The standard InChI is InChI=1S/C13H17BrFNO/c14-12-6-5-10(15)9-13(12)17-8-2-4-11-3-1-7-16-11/h5-6,9,11,16H,1-4,7-8H2. The lowest BCUT2D eigenvalue weighted by Gasteiger charge is -2.11. The minimum atomic E-state index is -0.263. The fraction of sp³-hybridized carbons (Fsp3) is 0.538. The lowest BCUT2D eigenvalue weighted by Crippen LogP contribution is -2.21. The average Bonchev–Trinajstić information content (AvgIpc) is 2.82. The normalized spacial score (nSPS) is 19.5. The molecule has 0 aliphatic carbocycles. The maximum atomic E-state index is 13.0. The van der Waals surface area contributed by atoms with Crippen LogP contribution in [0, 0.1) is 5.82 Å². The van der Waals surface area contributed by atoms with Crippen molar-refractivity contribution < 1.29 is 9.13 Å². The Kier molecular flexibility index (Phi) is 4.80. The van der Waals surface area contributed by atoms with E-state index in [2.05, 4.69) is 21.2 Å². The first-order chi connectivity index (χ1) is 8.25. The smallest absolute Gasteiger partial charge is 0.136 e. The predicted octanol–water partition coefficient (Wildman–Crippen LogP) is 3.50. The van der Waals surface area contributed by atoms with E-state index in [-0.39, 0.29) is 5.82 Å². The molecule has 1 heterocycles. The second-order valence-electron chi connectivity index (χ2n) is 4.36. The number of halogens is 2. The molecule has 1 saturated heterocycles. The fourth-order valence-corrected chi connectivity index (χ4v) is 2.46. The Bertz CT molecular complexity index is 366. The van der Waals surface area contributed by atoms with Crippen molar-refractivity contribution in [3.8, 4) is 5.75 Å². The van der Waals surface area contributed by atoms with E-state index in [1.54, 1.807) is 6.07 Å². The first-order valence-electron chi connectivity index (χ1n) is 6.07. The van der Waals surface area contributed by atoms with Gasteiger partial charge in [0.25, 0.3) is 0 Å². The molecule has 0 spiro atoms. The van der Waals surface area contributed by atoms with Gasteiger partial charge in [-0.15, -0.1) is 0 Å². The van der Waals surface area contributed by atoms with Crippen molar-refractivity contribution in [1.82, 2.24) is 5.32 Å². The van der Waals surface area contributed by atoms with E-state index in [0.29, 0.717) is 18.4 Å². The van der Waals surface area contributed by atoms with Crippen molar-refractivity contribution in [2.45, 2.75) is 31.7 Å². The zero-order chi connectivity index (χ0) is 12.1. The second kappa shape index (κ2) is 6.36. The monoisotopic (exact) mass is 301 g/mol. The van der Waals surface area contributed by atoms with Gasteiger partial charge in [0.05, 0.1) is 11.1 Å². The number of benzene rings is 1. The Morgan fingerprint density at radius 1 is 1.47 bits per heavy atom. The van der Waals surface area contributed by atoms with Crippen molar-refractivity contribution in [3.05, 3.63) is 28.5 Å². The number of hydrogen-bond acceptors (Lipinski definition) is 2. The summed E-state index contributed by atoms with van der Waals surface area (Å²) in [5, 5.41) is 3.45. The Morgan fingerprint density at radius 3 is 3.12 bits per heavy atom. The van der Waals surface area contributed by atoms with Crippen LogP contribution in [0.1, 0.15) is 25.7 Å². The molecule has 0 bridgehead atoms. The zero-order valence-corrected chi connectivity index (χ0v) is 11.3. The van der Waals surface area contributed by atoms with E-state index in [1.807, 2.05) is 0 Å². The predicted molar refractivity (Wildman–Crippen MR) is 69.9 cm³/mol. The summed E-state index contributed by atoms with van der Waals surface area (Å²) in [7, 11) is 0. The number of nitrogens with one attached hydrogen (secondary N) is 1. The molecule has 2 rings (SSSR count). The van der Waals surface area contributed by atoms with Gasteiger partial charge in [-0.1, -0.05) is 0 Å². The third-order valence-corrected chi connectivity index (χ3v) is 3.67. The molecule has 1 aromatic rings. The first-order valence-corrected chi connectivity index (χ1v) is 6.86. The van der Waals surface area contributed by atoms with Crippen LogP contribution in [0.25, 0.3) is 0 Å². The molecule has 1 unspecified atom stereocenters. The topological polar surface area (TPSA) is 21.3 Å². The summed E-state index contributed by atoms with van der Waals surface area (Å²) in [6.45, 7) is 1.78. The molecule has 1 atom stereocenters. The summed E-state index contributed by atoms with van der Waals surface area (Å²) in [6.07, 6.45) is 4.68. The molecule has 0 saturated carbocycles. The van der Waals surface area contributed by atoms with Crippen molar-refractivity contribution in [1.29, 1.82) is 0 Å². The summed E-state index contributed by atoms with van der Waals surface area (Å²) in [6, 6.07) is 5.15. The van der Waals surface area contributed by atoms with Crippen molar-refractivity contribution in [2.75, 3.05) is 13.2 Å². The van der Waals surface area contributed by atoms with Crippen LogP contribution in [0.3, 0.4) is 0 Å². The van der Waals surface area contributed by atoms with Gasteiger partial charge in [-0.2, -0.15) is 0 Å². The number of hydrogen-bond donors (Lipinski definition) is 1. The Morgan fingerprint density at radius 2 is 2.35 bits per heavy atom. The summed E-state index contributed by atoms with van der Waals surface area (Å²) >= 11 is 3.34. The van der Waals surface area contributed by atoms with E-state index in [4.69, 9.17) is 4.74 Å². The highest BCUT2D eigenvalue weighted by atomic mass is 79.9. The van der Waals surface area contributed by atoms with E-state index >= 15 is 0 Å². The number of rotatable bonds is 5. The summed E-state index contributed by atoms with van der Waals surface area (Å²) < 4.78 is 19.4. The maximum Gasteiger partial charge on any atom is 0.136 e. The van der Waals surface area contributed by atoms with Gasteiger partial charge in [0, 0.05) is 12.1 Å². The molecule has 17 heavy (non-hydrogen) atoms. The van der Waals surface area contributed by atoms with Gasteiger partial charge in [0.15, 0.2) is 0 Å². The van der Waals surface area contributed by atoms with Crippen molar-refractivity contribution in [2.24, 2.45) is 0 Å². The molecule has 0 aromatic heterocycles.